The normalized spacial score (nSPS) is 14.4. The number of nitrogens with one attached hydrogen (secondary N) is 1. The fraction of sp³-hybridized carbons (Fsp3) is 0.179. The lowest BCUT2D eigenvalue weighted by Gasteiger charge is -2.24. The fourth-order valence-corrected chi connectivity index (χ4v) is 5.05. The summed E-state index contributed by atoms with van der Waals surface area (Å²) in [5, 5.41) is 16.0. The van der Waals surface area contributed by atoms with Gasteiger partial charge < -0.3 is 19.9 Å². The molecule has 0 aliphatic carbocycles. The summed E-state index contributed by atoms with van der Waals surface area (Å²) >= 11 is 1.04. The van der Waals surface area contributed by atoms with Gasteiger partial charge in [-0.1, -0.05) is 30.5 Å². The molecule has 8 nitrogen and oxygen atoms in total. The lowest BCUT2D eigenvalue weighted by atomic mass is 10.1. The Morgan fingerprint density at radius 2 is 1.76 bits per heavy atom. The molecule has 1 atom stereocenters. The van der Waals surface area contributed by atoms with Gasteiger partial charge in [0, 0.05) is 35.5 Å². The molecular formula is C28H23F4N3O5S. The smallest absolute Gasteiger partial charge is 0.305 e. The topological polar surface area (TPSA) is 100 Å². The van der Waals surface area contributed by atoms with Crippen LogP contribution in [0.25, 0.3) is 0 Å². The second-order valence-corrected chi connectivity index (χ2v) is 9.69. The third kappa shape index (κ3) is 6.80. The van der Waals surface area contributed by atoms with Crippen LogP contribution in [0.2, 0.25) is 0 Å². The summed E-state index contributed by atoms with van der Waals surface area (Å²) in [6, 6.07) is 10.8. The highest BCUT2D eigenvalue weighted by Gasteiger charge is 2.39. The number of nitrogens with zero attached hydrogens (tertiary/aromatic N) is 2. The van der Waals surface area contributed by atoms with Crippen molar-refractivity contribution in [1.29, 1.82) is 0 Å². The monoisotopic (exact) mass is 589 g/mol. The maximum absolute atomic E-state index is 14.6. The number of hydrazone groups is 1. The lowest BCUT2D eigenvalue weighted by molar-refractivity contribution is -0.136. The molecule has 0 aromatic heterocycles. The molecule has 13 heteroatoms. The van der Waals surface area contributed by atoms with Crippen LogP contribution in [0.1, 0.15) is 33.3 Å². The molecule has 0 radical (unpaired) electrons. The van der Waals surface area contributed by atoms with Gasteiger partial charge in [0.25, 0.3) is 5.91 Å². The van der Waals surface area contributed by atoms with E-state index in [1.54, 1.807) is 18.2 Å². The summed E-state index contributed by atoms with van der Waals surface area (Å²) in [5.74, 6) is -6.24. The van der Waals surface area contributed by atoms with E-state index in [1.165, 1.54) is 31.4 Å². The molecule has 1 unspecified atom stereocenters. The molecule has 3 aromatic carbocycles. The zero-order valence-electron chi connectivity index (χ0n) is 21.5. The van der Waals surface area contributed by atoms with Crippen LogP contribution in [0.4, 0.5) is 17.6 Å². The average molecular weight is 590 g/mol. The Morgan fingerprint density at radius 1 is 1.07 bits per heavy atom. The number of carboxylic acid groups (broad SMARTS) is 1. The molecule has 214 valence electrons. The number of hydrogen-bond acceptors (Lipinski definition) is 7. The maximum atomic E-state index is 14.6. The maximum Gasteiger partial charge on any atom is 0.305 e. The van der Waals surface area contributed by atoms with Gasteiger partial charge in [0.15, 0.2) is 11.5 Å². The molecule has 0 saturated heterocycles. The summed E-state index contributed by atoms with van der Waals surface area (Å²) in [5.41, 5.74) is 0.176. The van der Waals surface area contributed by atoms with Crippen LogP contribution < -0.4 is 14.8 Å². The Bertz CT molecular complexity index is 1490. The molecular weight excluding hydrogens is 566 g/mol. The Kier molecular flexibility index (Phi) is 9.17. The highest BCUT2D eigenvalue weighted by molar-refractivity contribution is 8.14. The van der Waals surface area contributed by atoms with E-state index in [0.29, 0.717) is 29.0 Å². The van der Waals surface area contributed by atoms with Crippen LogP contribution in [0.15, 0.2) is 72.0 Å². The first-order chi connectivity index (χ1) is 19.6. The summed E-state index contributed by atoms with van der Waals surface area (Å²) in [4.78, 5) is 24.2. The highest BCUT2D eigenvalue weighted by Crippen LogP contribution is 2.47. The van der Waals surface area contributed by atoms with E-state index in [4.69, 9.17) is 14.6 Å². The molecule has 2 N–H and O–H groups in total. The Hall–Kier alpha value is -4.52. The molecule has 41 heavy (non-hydrogen) atoms. The van der Waals surface area contributed by atoms with Crippen molar-refractivity contribution < 1.29 is 41.7 Å². The van der Waals surface area contributed by atoms with Crippen LogP contribution >= 0.6 is 11.8 Å². The van der Waals surface area contributed by atoms with Gasteiger partial charge in [-0.05, 0) is 30.3 Å². The number of thioether (sulfide) groups is 1. The molecule has 0 spiro atoms. The van der Waals surface area contributed by atoms with Crippen molar-refractivity contribution in [3.8, 4) is 11.5 Å². The predicted molar refractivity (Wildman–Crippen MR) is 144 cm³/mol. The van der Waals surface area contributed by atoms with E-state index in [1.807, 2.05) is 0 Å². The van der Waals surface area contributed by atoms with E-state index >= 15 is 0 Å². The number of methoxy groups -OCH3 is 1. The number of hydrogen-bond donors (Lipinski definition) is 2. The summed E-state index contributed by atoms with van der Waals surface area (Å²) in [6.07, 6.45) is -0.119. The number of ether oxygens (including phenoxy) is 2. The number of amides is 1. The van der Waals surface area contributed by atoms with Crippen molar-refractivity contribution in [3.05, 3.63) is 107 Å². The molecule has 1 aliphatic rings. The SMILES string of the molecule is C=C(COc1cccc(C2SC(c3ccc(F)cc3)=NN2C(=O)c2c(F)cc(F)cc2F)c1OC)NCCC(=O)O. The number of para-hydroxylation sites is 1. The van der Waals surface area contributed by atoms with Gasteiger partial charge >= 0.3 is 5.97 Å². The number of halogens is 4. The minimum absolute atomic E-state index is 0.0524. The number of carbonyl (C=O) groups excluding carboxylic acids is 1. The third-order valence-corrected chi connectivity index (χ3v) is 6.98. The van der Waals surface area contributed by atoms with Crippen molar-refractivity contribution in [2.45, 2.75) is 11.8 Å². The largest absolute Gasteiger partial charge is 0.492 e. The first kappa shape index (κ1) is 29.5. The van der Waals surface area contributed by atoms with Gasteiger partial charge in [0.2, 0.25) is 0 Å². The van der Waals surface area contributed by atoms with Crippen LogP contribution in [-0.4, -0.2) is 47.3 Å². The van der Waals surface area contributed by atoms with Gasteiger partial charge in [-0.3, -0.25) is 9.59 Å². The Morgan fingerprint density at radius 3 is 2.39 bits per heavy atom. The van der Waals surface area contributed by atoms with Gasteiger partial charge in [0.1, 0.15) is 45.9 Å². The zero-order chi connectivity index (χ0) is 29.7. The Labute approximate surface area is 236 Å². The highest BCUT2D eigenvalue weighted by atomic mass is 32.2. The van der Waals surface area contributed by atoms with E-state index in [2.05, 4.69) is 17.0 Å². The molecule has 0 fully saturated rings. The standard InChI is InChI=1S/C28H23F4N3O5S/c1-15(33-11-10-23(36)37)14-40-22-5-3-4-19(25(22)39-2)28-35(27(38)24-20(31)12-18(30)13-21(24)32)34-26(41-28)16-6-8-17(29)9-7-16/h3-9,12-13,28,33H,1,10-11,14H2,2H3,(H,36,37). The lowest BCUT2D eigenvalue weighted by Crippen LogP contribution is -2.28. The number of rotatable bonds is 11. The quantitative estimate of drug-likeness (QED) is 0.287. The molecule has 3 aromatic rings. The summed E-state index contributed by atoms with van der Waals surface area (Å²) in [6.45, 7) is 3.88. The average Bonchev–Trinajstić information content (AvgIpc) is 3.36. The summed E-state index contributed by atoms with van der Waals surface area (Å²) < 4.78 is 67.7. The van der Waals surface area contributed by atoms with Gasteiger partial charge in [0.05, 0.1) is 13.5 Å². The van der Waals surface area contributed by atoms with E-state index in [9.17, 15) is 27.2 Å². The number of carboxylic acids is 1. The third-order valence-electron chi connectivity index (χ3n) is 5.76. The molecule has 1 amide bonds. The van der Waals surface area contributed by atoms with Crippen molar-refractivity contribution in [2.24, 2.45) is 5.10 Å². The molecule has 1 heterocycles. The molecule has 1 aliphatic heterocycles. The summed E-state index contributed by atoms with van der Waals surface area (Å²) in [7, 11) is 1.36. The Balaban J connectivity index is 1.68. The second kappa shape index (κ2) is 12.8. The van der Waals surface area contributed by atoms with Gasteiger partial charge in [-0.2, -0.15) is 5.10 Å². The van der Waals surface area contributed by atoms with Crippen LogP contribution in [-0.2, 0) is 4.79 Å². The van der Waals surface area contributed by atoms with Crippen LogP contribution in [0.5, 0.6) is 11.5 Å². The van der Waals surface area contributed by atoms with Gasteiger partial charge in [-0.25, -0.2) is 22.6 Å². The van der Waals surface area contributed by atoms with Crippen molar-refractivity contribution in [3.63, 3.8) is 0 Å². The minimum Gasteiger partial charge on any atom is -0.492 e. The van der Waals surface area contributed by atoms with Crippen LogP contribution in [0.3, 0.4) is 0 Å². The first-order valence-corrected chi connectivity index (χ1v) is 12.9. The van der Waals surface area contributed by atoms with Crippen molar-refractivity contribution in [2.75, 3.05) is 20.3 Å². The first-order valence-electron chi connectivity index (χ1n) is 12.0. The number of benzene rings is 3. The number of carbonyl (C=O) groups is 2. The molecule has 0 bridgehead atoms. The minimum atomic E-state index is -1.40. The van der Waals surface area contributed by atoms with Gasteiger partial charge in [-0.15, -0.1) is 0 Å². The fourth-order valence-electron chi connectivity index (χ4n) is 3.88. The predicted octanol–water partition coefficient (Wildman–Crippen LogP) is 5.46. The van der Waals surface area contributed by atoms with Crippen LogP contribution in [0, 0.1) is 23.3 Å². The second-order valence-electron chi connectivity index (χ2n) is 8.62. The molecule has 0 saturated carbocycles. The van der Waals surface area contributed by atoms with E-state index < -0.39 is 46.1 Å². The van der Waals surface area contributed by atoms with E-state index in [0.717, 1.165) is 16.8 Å². The zero-order valence-corrected chi connectivity index (χ0v) is 22.3. The number of aliphatic carboxylic acids is 1. The van der Waals surface area contributed by atoms with Crippen molar-refractivity contribution >= 4 is 28.7 Å². The van der Waals surface area contributed by atoms with E-state index in [-0.39, 0.29) is 36.1 Å². The van der Waals surface area contributed by atoms with Crippen molar-refractivity contribution in [1.82, 2.24) is 10.3 Å². The molecule has 4 rings (SSSR count).